The van der Waals surface area contributed by atoms with Crippen LogP contribution < -0.4 is 8.86 Å². The number of alkyl halides is 3. The molecule has 1 unspecified atom stereocenters. The lowest BCUT2D eigenvalue weighted by Crippen LogP contribution is -2.41. The van der Waals surface area contributed by atoms with Crippen molar-refractivity contribution in [3.8, 4) is 5.75 Å². The molecule has 0 radical (unpaired) electrons. The molecule has 13 heteroatoms. The minimum absolute atomic E-state index is 0.164. The Kier molecular flexibility index (Phi) is 8.39. The van der Waals surface area contributed by atoms with Crippen LogP contribution in [0.2, 0.25) is 0 Å². The van der Waals surface area contributed by atoms with Gasteiger partial charge in [-0.25, -0.2) is 8.42 Å². The number of hydrogen-bond donors (Lipinski definition) is 1. The first kappa shape index (κ1) is 25.5. The van der Waals surface area contributed by atoms with Gasteiger partial charge in [-0.1, -0.05) is 22.3 Å². The van der Waals surface area contributed by atoms with Gasteiger partial charge in [0, 0.05) is 0 Å². The van der Waals surface area contributed by atoms with Gasteiger partial charge >= 0.3 is 25.8 Å². The van der Waals surface area contributed by atoms with Crippen LogP contribution in [0.3, 0.4) is 0 Å². The zero-order chi connectivity index (χ0) is 23.3. The summed E-state index contributed by atoms with van der Waals surface area (Å²) in [7, 11) is -11.4. The van der Waals surface area contributed by atoms with E-state index in [9.17, 15) is 30.0 Å². The van der Waals surface area contributed by atoms with Crippen molar-refractivity contribution in [2.75, 3.05) is 13.2 Å². The molecule has 7 nitrogen and oxygen atoms in total. The second kappa shape index (κ2) is 10.2. The molecule has 0 saturated carbocycles. The molecule has 0 fully saturated rings. The lowest BCUT2D eigenvalue weighted by molar-refractivity contribution is -0.0442. The summed E-state index contributed by atoms with van der Waals surface area (Å²) in [5.74, 6) is 0.390. The first-order valence-electron chi connectivity index (χ1n) is 8.82. The lowest BCUT2D eigenvalue weighted by Gasteiger charge is -2.12. The SMILES string of the molecule is CC(C)[S+](c1ccccc1)c1ccc(OCCOS(=O)(=O)NS(=O)(=O)C(F)(F)F)cc1. The molecule has 0 saturated heterocycles. The second-order valence-electron chi connectivity index (χ2n) is 6.33. The summed E-state index contributed by atoms with van der Waals surface area (Å²) >= 11 is 0. The van der Waals surface area contributed by atoms with Gasteiger partial charge in [-0.05, 0) is 50.2 Å². The van der Waals surface area contributed by atoms with Crippen LogP contribution in [-0.2, 0) is 35.4 Å². The van der Waals surface area contributed by atoms with Gasteiger partial charge in [0.05, 0.1) is 10.9 Å². The summed E-state index contributed by atoms with van der Waals surface area (Å²) in [5.41, 5.74) is -5.78. The molecule has 31 heavy (non-hydrogen) atoms. The quantitative estimate of drug-likeness (QED) is 0.397. The van der Waals surface area contributed by atoms with Crippen molar-refractivity contribution in [1.82, 2.24) is 4.13 Å². The predicted molar refractivity (Wildman–Crippen MR) is 110 cm³/mol. The summed E-state index contributed by atoms with van der Waals surface area (Å²) in [6, 6.07) is 17.1. The summed E-state index contributed by atoms with van der Waals surface area (Å²) < 4.78 is 91.0. The molecule has 0 aromatic heterocycles. The number of halogens is 3. The monoisotopic (exact) mass is 500 g/mol. The van der Waals surface area contributed by atoms with Gasteiger partial charge < -0.3 is 4.74 Å². The van der Waals surface area contributed by atoms with Crippen LogP contribution in [0.1, 0.15) is 13.8 Å². The molecule has 0 amide bonds. The highest BCUT2D eigenvalue weighted by Crippen LogP contribution is 2.29. The number of sulfonamides is 1. The Morgan fingerprint density at radius 3 is 1.97 bits per heavy atom. The smallest absolute Gasteiger partial charge is 0.491 e. The fourth-order valence-electron chi connectivity index (χ4n) is 2.44. The van der Waals surface area contributed by atoms with Crippen LogP contribution in [0.25, 0.3) is 0 Å². The second-order valence-corrected chi connectivity index (χ2v) is 12.2. The normalized spacial score (nSPS) is 13.9. The van der Waals surface area contributed by atoms with E-state index in [0.717, 1.165) is 4.90 Å². The fourth-order valence-corrected chi connectivity index (χ4v) is 6.61. The largest absolute Gasteiger partial charge is 0.512 e. The standard InChI is InChI=1S/C18H21F3NO6S3/c1-14(2)29(16-6-4-3-5-7-16)17-10-8-15(9-11-17)27-12-13-28-31(25,26)22-30(23,24)18(19,20)21/h3-11,14,22H,12-13H2,1-2H3/q+1. The van der Waals surface area contributed by atoms with Crippen molar-refractivity contribution in [3.63, 3.8) is 0 Å². The van der Waals surface area contributed by atoms with Gasteiger partial charge in [0.2, 0.25) is 0 Å². The Hall–Kier alpha value is -1.80. The number of benzene rings is 2. The Morgan fingerprint density at radius 2 is 1.45 bits per heavy atom. The third kappa shape index (κ3) is 7.38. The topological polar surface area (TPSA) is 98.8 Å². The van der Waals surface area contributed by atoms with Gasteiger partial charge in [0.25, 0.3) is 0 Å². The van der Waals surface area contributed by atoms with E-state index in [1.807, 2.05) is 30.3 Å². The summed E-state index contributed by atoms with van der Waals surface area (Å²) in [5, 5.41) is 0.355. The first-order valence-corrected chi connectivity index (χ1v) is 13.0. The van der Waals surface area contributed by atoms with Crippen LogP contribution in [0.5, 0.6) is 5.75 Å². The summed E-state index contributed by atoms with van der Waals surface area (Å²) in [4.78, 5) is 2.26. The Morgan fingerprint density at radius 1 is 0.903 bits per heavy atom. The molecule has 2 aromatic carbocycles. The average Bonchev–Trinajstić information content (AvgIpc) is 2.65. The van der Waals surface area contributed by atoms with Gasteiger partial charge in [0.1, 0.15) is 24.2 Å². The van der Waals surface area contributed by atoms with E-state index in [1.165, 1.54) is 4.90 Å². The van der Waals surface area contributed by atoms with Crippen molar-refractivity contribution in [2.24, 2.45) is 0 Å². The van der Waals surface area contributed by atoms with E-state index < -0.39 is 32.4 Å². The molecule has 1 atom stereocenters. The van der Waals surface area contributed by atoms with Crippen LogP contribution in [0, 0.1) is 0 Å². The fraction of sp³-hybridized carbons (Fsp3) is 0.333. The number of rotatable bonds is 10. The molecule has 2 aromatic rings. The minimum Gasteiger partial charge on any atom is -0.491 e. The summed E-state index contributed by atoms with van der Waals surface area (Å²) in [6.07, 6.45) is 0. The molecule has 172 valence electrons. The van der Waals surface area contributed by atoms with Crippen LogP contribution in [-0.4, -0.2) is 40.8 Å². The molecular formula is C18H21F3NO6S3+. The Bertz CT molecular complexity index is 1060. The van der Waals surface area contributed by atoms with Gasteiger partial charge in [-0.3, -0.25) is 4.18 Å². The highest BCUT2D eigenvalue weighted by atomic mass is 32.3. The first-order chi connectivity index (χ1) is 14.3. The minimum atomic E-state index is -6.09. The Balaban J connectivity index is 1.93. The van der Waals surface area contributed by atoms with Gasteiger partial charge in [-0.2, -0.15) is 21.6 Å². The molecule has 0 aliphatic carbocycles. The third-order valence-corrected chi connectivity index (χ3v) is 8.94. The van der Waals surface area contributed by atoms with Gasteiger partial charge in [-0.15, -0.1) is 0 Å². The highest BCUT2D eigenvalue weighted by molar-refractivity contribution is 8.03. The molecule has 1 N–H and O–H groups in total. The zero-order valence-corrected chi connectivity index (χ0v) is 18.9. The Labute approximate surface area is 182 Å². The lowest BCUT2D eigenvalue weighted by atomic mass is 10.3. The van der Waals surface area contributed by atoms with E-state index >= 15 is 0 Å². The highest BCUT2D eigenvalue weighted by Gasteiger charge is 2.48. The maximum absolute atomic E-state index is 12.2. The number of ether oxygens (including phenoxy) is 1. The third-order valence-electron chi connectivity index (χ3n) is 3.65. The molecule has 0 spiro atoms. The average molecular weight is 501 g/mol. The van der Waals surface area contributed by atoms with Gasteiger partial charge in [0.15, 0.2) is 9.79 Å². The van der Waals surface area contributed by atoms with Crippen molar-refractivity contribution in [3.05, 3.63) is 54.6 Å². The van der Waals surface area contributed by atoms with Crippen molar-refractivity contribution >= 4 is 31.2 Å². The predicted octanol–water partition coefficient (Wildman–Crippen LogP) is 3.21. The molecule has 0 aliphatic rings. The maximum Gasteiger partial charge on any atom is 0.512 e. The van der Waals surface area contributed by atoms with Crippen molar-refractivity contribution in [2.45, 2.75) is 34.4 Å². The van der Waals surface area contributed by atoms with Crippen LogP contribution in [0.15, 0.2) is 64.4 Å². The maximum atomic E-state index is 12.2. The summed E-state index contributed by atoms with van der Waals surface area (Å²) in [6.45, 7) is 3.21. The molecule has 0 aliphatic heterocycles. The zero-order valence-electron chi connectivity index (χ0n) is 16.5. The molecule has 2 rings (SSSR count). The molecule has 0 heterocycles. The van der Waals surface area contributed by atoms with Crippen LogP contribution in [0.4, 0.5) is 13.2 Å². The molecule has 0 bridgehead atoms. The van der Waals surface area contributed by atoms with E-state index in [2.05, 4.69) is 30.2 Å². The van der Waals surface area contributed by atoms with Crippen molar-refractivity contribution in [1.29, 1.82) is 0 Å². The van der Waals surface area contributed by atoms with E-state index in [0.29, 0.717) is 15.1 Å². The number of nitrogens with one attached hydrogen (secondary N) is 1. The molecular weight excluding hydrogens is 479 g/mol. The number of hydrogen-bond acceptors (Lipinski definition) is 6. The van der Waals surface area contributed by atoms with Crippen LogP contribution >= 0.6 is 0 Å². The van der Waals surface area contributed by atoms with E-state index in [4.69, 9.17) is 4.74 Å². The van der Waals surface area contributed by atoms with Crippen molar-refractivity contribution < 1.29 is 38.9 Å². The van der Waals surface area contributed by atoms with E-state index in [-0.39, 0.29) is 17.5 Å². The van der Waals surface area contributed by atoms with E-state index in [1.54, 1.807) is 12.1 Å².